The van der Waals surface area contributed by atoms with Crippen molar-refractivity contribution in [1.82, 2.24) is 11.1 Å². The minimum absolute atomic E-state index is 0. The third-order valence-electron chi connectivity index (χ3n) is 5.00. The summed E-state index contributed by atoms with van der Waals surface area (Å²) in [4.78, 5) is 23.5. The number of ether oxygens (including phenoxy) is 1. The number of nitrogens with two attached hydrogens (primary N) is 1. The molecule has 28 heavy (non-hydrogen) atoms. The van der Waals surface area contributed by atoms with Crippen molar-refractivity contribution in [3.8, 4) is 5.75 Å². The van der Waals surface area contributed by atoms with E-state index in [1.807, 2.05) is 18.2 Å². The monoisotopic (exact) mass is 574 g/mol. The quantitative estimate of drug-likeness (QED) is 0.444. The van der Waals surface area contributed by atoms with Crippen LogP contribution in [0.1, 0.15) is 37.7 Å². The summed E-state index contributed by atoms with van der Waals surface area (Å²) in [6, 6.07) is 7.83. The van der Waals surface area contributed by atoms with E-state index in [4.69, 9.17) is 10.5 Å². The summed E-state index contributed by atoms with van der Waals surface area (Å²) in [5.74, 6) is -2.51. The fourth-order valence-corrected chi connectivity index (χ4v) is 3.38. The average molecular weight is 575 g/mol. The fourth-order valence-electron chi connectivity index (χ4n) is 3.38. The van der Waals surface area contributed by atoms with Crippen molar-refractivity contribution in [1.29, 1.82) is 0 Å². The molecule has 5 N–H and O–H groups in total. The second-order valence-electron chi connectivity index (χ2n) is 7.01. The van der Waals surface area contributed by atoms with Gasteiger partial charge in [0.05, 0.1) is 24.5 Å². The number of carbonyl (C=O) groups excluding carboxylic acids is 2. The number of rotatable bonds is 5. The summed E-state index contributed by atoms with van der Waals surface area (Å²) < 4.78 is 5.18. The van der Waals surface area contributed by atoms with Crippen LogP contribution in [0.3, 0.4) is 0 Å². The Morgan fingerprint density at radius 3 is 2.11 bits per heavy atom. The molecule has 1 aromatic rings. The molecule has 1 heterocycles. The van der Waals surface area contributed by atoms with Crippen molar-refractivity contribution < 1.29 is 45.6 Å². The summed E-state index contributed by atoms with van der Waals surface area (Å²) >= 11 is 0. The molecule has 0 spiro atoms. The largest absolute Gasteiger partial charge is 2.00 e. The van der Waals surface area contributed by atoms with Gasteiger partial charge in [0.1, 0.15) is 5.75 Å². The van der Waals surface area contributed by atoms with Gasteiger partial charge in [-0.1, -0.05) is 37.5 Å². The predicted molar refractivity (Wildman–Crippen MR) is 96.8 cm³/mol. The number of hydrogen-bond donors (Lipinski definition) is 2. The zero-order valence-electron chi connectivity index (χ0n) is 16.1. The molecule has 1 aliphatic heterocycles. The Kier molecular flexibility index (Phi) is 11.5. The standard InChI is InChI=1S/C13H15NO5.C6H13N.H3N.Pt/c1-19-10-5-3-2-4-9(10)6-14-7-13(8-14,11(15)16)12(17)18;7-6-4-2-1-3-5-6;;/h2-5H,6-8H2,1H3,(H,15,16)(H,17,18);6H,1-5,7H2;1H3;/q;;;+2/p-2. The molecule has 1 aromatic carbocycles. The fraction of sp³-hybridized carbons (Fsp3) is 0.579. The number of carboxylic acids is 2. The first-order valence-corrected chi connectivity index (χ1v) is 8.92. The van der Waals surface area contributed by atoms with E-state index < -0.39 is 17.4 Å². The Morgan fingerprint density at radius 2 is 1.68 bits per heavy atom. The molecule has 160 valence electrons. The average Bonchev–Trinajstić information content (AvgIpc) is 2.58. The van der Waals surface area contributed by atoms with Gasteiger partial charge in [-0.15, -0.1) is 0 Å². The van der Waals surface area contributed by atoms with Gasteiger partial charge in [-0.2, -0.15) is 0 Å². The van der Waals surface area contributed by atoms with Gasteiger partial charge in [-0.05, 0) is 18.9 Å². The van der Waals surface area contributed by atoms with E-state index in [0.29, 0.717) is 18.3 Å². The maximum Gasteiger partial charge on any atom is 2.00 e. The number of carbonyl (C=O) groups is 2. The van der Waals surface area contributed by atoms with Gasteiger partial charge < -0.3 is 36.4 Å². The van der Waals surface area contributed by atoms with E-state index in [0.717, 1.165) is 5.56 Å². The predicted octanol–water partition coefficient (Wildman–Crippen LogP) is -0.566. The van der Waals surface area contributed by atoms with Crippen LogP contribution in [0, 0.1) is 5.41 Å². The van der Waals surface area contributed by atoms with E-state index in [9.17, 15) is 19.8 Å². The zero-order valence-corrected chi connectivity index (χ0v) is 18.4. The first-order chi connectivity index (χ1) is 12.4. The van der Waals surface area contributed by atoms with Crippen LogP contribution in [0.4, 0.5) is 0 Å². The van der Waals surface area contributed by atoms with Crippen LogP contribution in [0.15, 0.2) is 24.3 Å². The molecular weight excluding hydrogens is 545 g/mol. The summed E-state index contributed by atoms with van der Waals surface area (Å²) in [7, 11) is 1.54. The second kappa shape index (κ2) is 12.2. The van der Waals surface area contributed by atoms with Gasteiger partial charge in [0.15, 0.2) is 0 Å². The molecule has 0 aromatic heterocycles. The summed E-state index contributed by atoms with van der Waals surface area (Å²) in [5.41, 5.74) is 4.62. The van der Waals surface area contributed by atoms with Crippen LogP contribution < -0.4 is 26.8 Å². The third kappa shape index (κ3) is 6.55. The van der Waals surface area contributed by atoms with E-state index in [1.165, 1.54) is 32.1 Å². The Balaban J connectivity index is 0.000000690. The van der Waals surface area contributed by atoms with E-state index in [1.54, 1.807) is 18.1 Å². The smallest absolute Gasteiger partial charge is 0.549 e. The Morgan fingerprint density at radius 1 is 1.14 bits per heavy atom. The van der Waals surface area contributed by atoms with E-state index in [2.05, 4.69) is 0 Å². The minimum atomic E-state index is -1.89. The maximum absolute atomic E-state index is 10.9. The molecule has 3 rings (SSSR count). The molecule has 8 nitrogen and oxygen atoms in total. The molecule has 0 bridgehead atoms. The molecule has 2 fully saturated rings. The van der Waals surface area contributed by atoms with Crippen LogP contribution in [0.5, 0.6) is 5.75 Å². The Labute approximate surface area is 180 Å². The van der Waals surface area contributed by atoms with Gasteiger partial charge in [-0.25, -0.2) is 0 Å². The van der Waals surface area contributed by atoms with Crippen molar-refractivity contribution in [2.45, 2.75) is 44.7 Å². The van der Waals surface area contributed by atoms with Crippen LogP contribution in [0.25, 0.3) is 0 Å². The van der Waals surface area contributed by atoms with E-state index in [-0.39, 0.29) is 40.3 Å². The first-order valence-electron chi connectivity index (χ1n) is 8.92. The maximum atomic E-state index is 10.9. The summed E-state index contributed by atoms with van der Waals surface area (Å²) in [5, 5.41) is 21.8. The Hall–Kier alpha value is -1.47. The SMILES string of the molecule is COc1ccccc1CN1CC(C(=O)[O-])(C(=O)[O-])C1.N.NC1CCCCC1.[Pt+2]. The number of carboxylic acid groups (broad SMARTS) is 2. The van der Waals surface area contributed by atoms with Gasteiger partial charge in [0.25, 0.3) is 0 Å². The molecule has 0 radical (unpaired) electrons. The topological polar surface area (TPSA) is 154 Å². The normalized spacial score (nSPS) is 18.2. The van der Waals surface area contributed by atoms with E-state index >= 15 is 0 Å². The third-order valence-corrected chi connectivity index (χ3v) is 5.00. The molecular formula is C19H29N3O5Pt. The van der Waals surface area contributed by atoms with Gasteiger partial charge in [0, 0.05) is 31.2 Å². The van der Waals surface area contributed by atoms with Crippen molar-refractivity contribution >= 4 is 11.9 Å². The van der Waals surface area contributed by atoms with Crippen molar-refractivity contribution in [2.24, 2.45) is 11.1 Å². The number of hydrogen-bond acceptors (Lipinski definition) is 8. The molecule has 0 atom stereocenters. The summed E-state index contributed by atoms with van der Waals surface area (Å²) in [6.07, 6.45) is 6.66. The molecule has 9 heteroatoms. The van der Waals surface area contributed by atoms with Crippen LogP contribution in [-0.4, -0.2) is 43.1 Å². The number of nitrogens with zero attached hydrogens (tertiary/aromatic N) is 1. The van der Waals surface area contributed by atoms with Crippen LogP contribution >= 0.6 is 0 Å². The minimum Gasteiger partial charge on any atom is -0.549 e. The van der Waals surface area contributed by atoms with Crippen LogP contribution in [0.2, 0.25) is 0 Å². The molecule has 1 saturated heterocycles. The first kappa shape index (κ1) is 26.5. The number of methoxy groups -OCH3 is 1. The van der Waals surface area contributed by atoms with Gasteiger partial charge in [0.2, 0.25) is 0 Å². The number of benzene rings is 1. The number of aliphatic carboxylic acids is 2. The molecule has 1 saturated carbocycles. The number of likely N-dealkylation sites (tertiary alicyclic amines) is 1. The number of para-hydroxylation sites is 1. The molecule has 0 amide bonds. The van der Waals surface area contributed by atoms with Crippen molar-refractivity contribution in [3.63, 3.8) is 0 Å². The van der Waals surface area contributed by atoms with Crippen molar-refractivity contribution in [2.75, 3.05) is 20.2 Å². The van der Waals surface area contributed by atoms with Crippen LogP contribution in [-0.2, 0) is 37.2 Å². The van der Waals surface area contributed by atoms with Crippen molar-refractivity contribution in [3.05, 3.63) is 29.8 Å². The zero-order chi connectivity index (χ0) is 19.2. The molecule has 0 unspecified atom stereocenters. The summed E-state index contributed by atoms with van der Waals surface area (Å²) in [6.45, 7) is 0.192. The molecule has 1 aliphatic carbocycles. The Bertz CT molecular complexity index is 616. The van der Waals surface area contributed by atoms with Gasteiger partial charge in [-0.3, -0.25) is 4.90 Å². The second-order valence-corrected chi connectivity index (χ2v) is 7.01. The molecule has 2 aliphatic rings. The van der Waals surface area contributed by atoms with Gasteiger partial charge >= 0.3 is 21.1 Å².